The lowest BCUT2D eigenvalue weighted by Gasteiger charge is -2.34. The lowest BCUT2D eigenvalue weighted by Crippen LogP contribution is -2.47. The number of hydrogen-bond donors (Lipinski definition) is 0. The Labute approximate surface area is 182 Å². The normalized spacial score (nSPS) is 15.5. The second kappa shape index (κ2) is 8.39. The van der Waals surface area contributed by atoms with E-state index in [0.717, 1.165) is 16.0 Å². The molecule has 3 heterocycles. The van der Waals surface area contributed by atoms with Gasteiger partial charge in [0.05, 0.1) is 6.67 Å². The minimum absolute atomic E-state index is 0.0126. The molecular formula is C20H22F3N7S. The molecule has 11 heteroatoms. The summed E-state index contributed by atoms with van der Waals surface area (Å²) < 4.78 is 43.1. The molecule has 0 radical (unpaired) electrons. The van der Waals surface area contributed by atoms with E-state index in [9.17, 15) is 13.2 Å². The van der Waals surface area contributed by atoms with Crippen LogP contribution >= 0.6 is 12.2 Å². The fourth-order valence-electron chi connectivity index (χ4n) is 3.62. The van der Waals surface area contributed by atoms with Gasteiger partial charge in [-0.05, 0) is 44.3 Å². The Morgan fingerprint density at radius 1 is 0.968 bits per heavy atom. The molecular weight excluding hydrogens is 427 g/mol. The summed E-state index contributed by atoms with van der Waals surface area (Å²) in [7, 11) is 0. The Balaban J connectivity index is 1.53. The predicted molar refractivity (Wildman–Crippen MR) is 113 cm³/mol. The zero-order valence-corrected chi connectivity index (χ0v) is 18.0. The van der Waals surface area contributed by atoms with Crippen molar-refractivity contribution in [1.29, 1.82) is 0 Å². The van der Waals surface area contributed by atoms with Crippen LogP contribution in [0.5, 0.6) is 0 Å². The second-order valence-corrected chi connectivity index (χ2v) is 7.84. The Hall–Kier alpha value is -2.79. The van der Waals surface area contributed by atoms with Crippen molar-refractivity contribution in [2.75, 3.05) is 31.1 Å². The summed E-state index contributed by atoms with van der Waals surface area (Å²) in [4.78, 5) is 13.1. The van der Waals surface area contributed by atoms with Gasteiger partial charge in [0.2, 0.25) is 16.5 Å². The van der Waals surface area contributed by atoms with Crippen LogP contribution in [0, 0.1) is 18.6 Å². The minimum Gasteiger partial charge on any atom is -0.338 e. The molecule has 1 aromatic carbocycles. The number of para-hydroxylation sites is 1. The molecule has 0 unspecified atom stereocenters. The number of piperazine rings is 1. The van der Waals surface area contributed by atoms with E-state index in [0.29, 0.717) is 37.8 Å². The van der Waals surface area contributed by atoms with E-state index in [1.807, 2.05) is 24.8 Å². The zero-order valence-electron chi connectivity index (χ0n) is 17.2. The van der Waals surface area contributed by atoms with Gasteiger partial charge in [0, 0.05) is 43.3 Å². The number of anilines is 1. The predicted octanol–water partition coefficient (Wildman–Crippen LogP) is 3.61. The maximum absolute atomic E-state index is 13.6. The third-order valence-corrected chi connectivity index (χ3v) is 5.46. The average Bonchev–Trinajstić information content (AvgIpc) is 3.05. The van der Waals surface area contributed by atoms with Crippen LogP contribution in [0.1, 0.15) is 17.2 Å². The molecule has 0 N–H and O–H groups in total. The summed E-state index contributed by atoms with van der Waals surface area (Å²) in [6, 6.07) is 10.2. The summed E-state index contributed by atoms with van der Waals surface area (Å²) in [5.41, 5.74) is 2.15. The smallest absolute Gasteiger partial charge is 0.338 e. The van der Waals surface area contributed by atoms with Gasteiger partial charge in [-0.1, -0.05) is 18.2 Å². The molecule has 0 amide bonds. The highest BCUT2D eigenvalue weighted by Crippen LogP contribution is 2.30. The lowest BCUT2D eigenvalue weighted by molar-refractivity contribution is -0.146. The summed E-state index contributed by atoms with van der Waals surface area (Å²) >= 11 is 5.37. The number of hydrogen-bond acceptors (Lipinski definition) is 6. The highest BCUT2D eigenvalue weighted by Gasteiger charge is 2.39. The molecule has 1 saturated heterocycles. The van der Waals surface area contributed by atoms with Gasteiger partial charge in [-0.2, -0.15) is 13.2 Å². The zero-order chi connectivity index (χ0) is 22.2. The molecule has 7 nitrogen and oxygen atoms in total. The first kappa shape index (κ1) is 21.4. The van der Waals surface area contributed by atoms with E-state index in [2.05, 4.69) is 20.0 Å². The van der Waals surface area contributed by atoms with Gasteiger partial charge in [0.1, 0.15) is 0 Å². The van der Waals surface area contributed by atoms with Crippen LogP contribution in [0.4, 0.5) is 19.1 Å². The van der Waals surface area contributed by atoms with Gasteiger partial charge in [-0.15, -0.1) is 5.10 Å². The van der Waals surface area contributed by atoms with E-state index < -0.39 is 12.0 Å². The summed E-state index contributed by atoms with van der Waals surface area (Å²) in [6.07, 6.45) is -4.62. The maximum Gasteiger partial charge on any atom is 0.452 e. The van der Waals surface area contributed by atoms with Gasteiger partial charge in [-0.3, -0.25) is 9.47 Å². The first-order valence-corrected chi connectivity index (χ1v) is 10.3. The van der Waals surface area contributed by atoms with Gasteiger partial charge < -0.3 is 4.90 Å². The molecule has 164 valence electrons. The molecule has 4 rings (SSSR count). The average molecular weight is 450 g/mol. The molecule has 0 aliphatic carbocycles. The van der Waals surface area contributed by atoms with Crippen molar-refractivity contribution in [3.05, 3.63) is 58.4 Å². The Kier molecular flexibility index (Phi) is 5.80. The maximum atomic E-state index is 13.6. The monoisotopic (exact) mass is 449 g/mol. The summed E-state index contributed by atoms with van der Waals surface area (Å²) in [6.45, 7) is 6.65. The van der Waals surface area contributed by atoms with Crippen LogP contribution in [0.25, 0.3) is 5.69 Å². The number of alkyl halides is 3. The molecule has 1 aliphatic rings. The number of benzene rings is 1. The third-order valence-electron chi connectivity index (χ3n) is 5.07. The van der Waals surface area contributed by atoms with Crippen molar-refractivity contribution < 1.29 is 13.2 Å². The number of aryl methyl sites for hydroxylation is 2. The fraction of sp³-hybridized carbons (Fsp3) is 0.400. The van der Waals surface area contributed by atoms with Gasteiger partial charge in [0.15, 0.2) is 0 Å². The van der Waals surface area contributed by atoms with Crippen molar-refractivity contribution in [3.8, 4) is 5.69 Å². The molecule has 0 saturated carbocycles. The minimum atomic E-state index is -4.62. The Morgan fingerprint density at radius 2 is 1.58 bits per heavy atom. The van der Waals surface area contributed by atoms with Crippen LogP contribution in [0.3, 0.4) is 0 Å². The number of rotatable bonds is 4. The molecule has 31 heavy (non-hydrogen) atoms. The van der Waals surface area contributed by atoms with Gasteiger partial charge >= 0.3 is 6.18 Å². The van der Waals surface area contributed by atoms with E-state index in [1.165, 1.54) is 4.68 Å². The van der Waals surface area contributed by atoms with E-state index in [1.54, 1.807) is 30.3 Å². The fourth-order valence-corrected chi connectivity index (χ4v) is 3.91. The van der Waals surface area contributed by atoms with Crippen LogP contribution in [-0.4, -0.2) is 55.4 Å². The molecule has 1 aliphatic heterocycles. The molecule has 0 bridgehead atoms. The van der Waals surface area contributed by atoms with E-state index in [4.69, 9.17) is 12.2 Å². The Morgan fingerprint density at radius 3 is 2.16 bits per heavy atom. The van der Waals surface area contributed by atoms with Crippen LogP contribution in [0.15, 0.2) is 36.4 Å². The van der Waals surface area contributed by atoms with Crippen molar-refractivity contribution >= 4 is 18.2 Å². The van der Waals surface area contributed by atoms with Crippen molar-refractivity contribution in [1.82, 2.24) is 29.2 Å². The number of aromatic nitrogens is 5. The third kappa shape index (κ3) is 4.62. The summed E-state index contributed by atoms with van der Waals surface area (Å²) in [5, 5.41) is 3.82. The topological polar surface area (TPSA) is 55.0 Å². The highest BCUT2D eigenvalue weighted by atomic mass is 32.1. The number of nitrogens with zero attached hydrogens (tertiary/aromatic N) is 7. The molecule has 2 aromatic heterocycles. The van der Waals surface area contributed by atoms with Crippen molar-refractivity contribution in [2.45, 2.75) is 26.7 Å². The quantitative estimate of drug-likeness (QED) is 0.568. The van der Waals surface area contributed by atoms with Crippen LogP contribution < -0.4 is 4.90 Å². The van der Waals surface area contributed by atoms with E-state index in [-0.39, 0.29) is 11.4 Å². The lowest BCUT2D eigenvalue weighted by atomic mass is 10.3. The van der Waals surface area contributed by atoms with Gasteiger partial charge in [0.25, 0.3) is 0 Å². The Bertz CT molecular complexity index is 1100. The van der Waals surface area contributed by atoms with Crippen LogP contribution in [-0.2, 0) is 12.8 Å². The standard InChI is InChI=1S/C20H22F3N7S/c1-14-12-15(2)25-18(24-14)28-10-8-27(9-11-28)13-29-19(31)30(16-6-4-3-5-7-16)17(26-29)20(21,22)23/h3-7,12H,8-11,13H2,1-2H3. The highest BCUT2D eigenvalue weighted by molar-refractivity contribution is 7.71. The second-order valence-electron chi connectivity index (χ2n) is 7.47. The molecule has 3 aromatic rings. The summed E-state index contributed by atoms with van der Waals surface area (Å²) in [5.74, 6) is -0.340. The first-order chi connectivity index (χ1) is 14.7. The largest absolute Gasteiger partial charge is 0.452 e. The first-order valence-electron chi connectivity index (χ1n) is 9.84. The SMILES string of the molecule is Cc1cc(C)nc(N2CCN(Cn3nc(C(F)(F)F)n(-c4ccccc4)c3=S)CC2)n1. The molecule has 1 fully saturated rings. The van der Waals surface area contributed by atoms with E-state index >= 15 is 0 Å². The number of halogens is 3. The van der Waals surface area contributed by atoms with Crippen LogP contribution in [0.2, 0.25) is 0 Å². The van der Waals surface area contributed by atoms with Gasteiger partial charge in [-0.25, -0.2) is 14.6 Å². The molecule has 0 atom stereocenters. The van der Waals surface area contributed by atoms with Crippen molar-refractivity contribution in [3.63, 3.8) is 0 Å². The van der Waals surface area contributed by atoms with Crippen molar-refractivity contribution in [2.24, 2.45) is 0 Å². The molecule has 0 spiro atoms.